The molecule has 2 N–H and O–H groups in total. The van der Waals surface area contributed by atoms with E-state index in [0.717, 1.165) is 5.69 Å². The quantitative estimate of drug-likeness (QED) is 0.865. The van der Waals surface area contributed by atoms with Gasteiger partial charge in [-0.25, -0.2) is 4.79 Å². The zero-order valence-electron chi connectivity index (χ0n) is 14.4. The zero-order valence-corrected chi connectivity index (χ0v) is 14.4. The molecule has 132 valence electrons. The molecule has 1 saturated carbocycles. The third kappa shape index (κ3) is 4.48. The summed E-state index contributed by atoms with van der Waals surface area (Å²) in [6, 6.07) is 7.98. The SMILES string of the molecule is CCO[C@H]1COC[C@@H]1NC(=O)Nc1ccc(C2CCCCC2)cc1. The molecule has 0 aromatic heterocycles. The smallest absolute Gasteiger partial charge is 0.319 e. The lowest BCUT2D eigenvalue weighted by molar-refractivity contribution is 0.0428. The monoisotopic (exact) mass is 332 g/mol. The molecule has 1 aromatic carbocycles. The van der Waals surface area contributed by atoms with Crippen molar-refractivity contribution in [1.29, 1.82) is 0 Å². The maximum absolute atomic E-state index is 12.2. The van der Waals surface area contributed by atoms with E-state index in [1.165, 1.54) is 37.7 Å². The van der Waals surface area contributed by atoms with Crippen LogP contribution < -0.4 is 10.6 Å². The molecule has 1 aliphatic carbocycles. The van der Waals surface area contributed by atoms with E-state index in [0.29, 0.717) is 25.7 Å². The van der Waals surface area contributed by atoms with Crippen LogP contribution in [0.4, 0.5) is 10.5 Å². The Balaban J connectivity index is 1.51. The first kappa shape index (κ1) is 17.2. The predicted molar refractivity (Wildman–Crippen MR) is 94.4 cm³/mol. The van der Waals surface area contributed by atoms with Crippen LogP contribution in [0.3, 0.4) is 0 Å². The molecule has 3 rings (SSSR count). The highest BCUT2D eigenvalue weighted by atomic mass is 16.5. The second kappa shape index (κ2) is 8.49. The summed E-state index contributed by atoms with van der Waals surface area (Å²) in [5, 5.41) is 5.84. The van der Waals surface area contributed by atoms with Gasteiger partial charge < -0.3 is 20.1 Å². The molecule has 24 heavy (non-hydrogen) atoms. The van der Waals surface area contributed by atoms with E-state index < -0.39 is 0 Å². The van der Waals surface area contributed by atoms with Crippen LogP contribution in [-0.4, -0.2) is 38.0 Å². The number of benzene rings is 1. The van der Waals surface area contributed by atoms with E-state index in [1.807, 2.05) is 19.1 Å². The van der Waals surface area contributed by atoms with Gasteiger partial charge in [-0.3, -0.25) is 0 Å². The normalized spacial score (nSPS) is 24.7. The predicted octanol–water partition coefficient (Wildman–Crippen LogP) is 3.66. The van der Waals surface area contributed by atoms with Gasteiger partial charge in [0, 0.05) is 12.3 Å². The lowest BCUT2D eigenvalue weighted by Gasteiger charge is -2.22. The lowest BCUT2D eigenvalue weighted by Crippen LogP contribution is -2.45. The van der Waals surface area contributed by atoms with E-state index in [2.05, 4.69) is 22.8 Å². The van der Waals surface area contributed by atoms with Crippen LogP contribution in [0.1, 0.15) is 50.5 Å². The maximum atomic E-state index is 12.2. The largest absolute Gasteiger partial charge is 0.376 e. The molecule has 1 aromatic rings. The molecule has 2 aliphatic rings. The molecule has 0 bridgehead atoms. The van der Waals surface area contributed by atoms with Crippen molar-refractivity contribution in [2.24, 2.45) is 0 Å². The van der Waals surface area contributed by atoms with Crippen molar-refractivity contribution < 1.29 is 14.3 Å². The Morgan fingerprint density at radius 2 is 1.92 bits per heavy atom. The number of carbonyl (C=O) groups is 1. The molecule has 1 aliphatic heterocycles. The summed E-state index contributed by atoms with van der Waals surface area (Å²) in [4.78, 5) is 12.2. The van der Waals surface area contributed by atoms with Crippen molar-refractivity contribution in [1.82, 2.24) is 5.32 Å². The second-order valence-corrected chi connectivity index (χ2v) is 6.69. The number of hydrogen-bond acceptors (Lipinski definition) is 3. The van der Waals surface area contributed by atoms with Crippen LogP contribution in [-0.2, 0) is 9.47 Å². The van der Waals surface area contributed by atoms with E-state index in [4.69, 9.17) is 9.47 Å². The first-order valence-corrected chi connectivity index (χ1v) is 9.13. The summed E-state index contributed by atoms with van der Waals surface area (Å²) in [5.74, 6) is 0.684. The third-order valence-electron chi connectivity index (χ3n) is 4.97. The average molecular weight is 332 g/mol. The van der Waals surface area contributed by atoms with Gasteiger partial charge in [-0.1, -0.05) is 31.4 Å². The minimum atomic E-state index is -0.208. The number of anilines is 1. The third-order valence-corrected chi connectivity index (χ3v) is 4.97. The van der Waals surface area contributed by atoms with Gasteiger partial charge >= 0.3 is 6.03 Å². The van der Waals surface area contributed by atoms with Crippen LogP contribution in [0.5, 0.6) is 0 Å². The first-order chi connectivity index (χ1) is 11.8. The molecule has 1 heterocycles. The number of ether oxygens (including phenoxy) is 2. The molecule has 0 spiro atoms. The molecule has 5 nitrogen and oxygen atoms in total. The Labute approximate surface area is 144 Å². The first-order valence-electron chi connectivity index (χ1n) is 9.13. The summed E-state index contributed by atoms with van der Waals surface area (Å²) in [6.07, 6.45) is 6.54. The van der Waals surface area contributed by atoms with Crippen LogP contribution in [0, 0.1) is 0 Å². The topological polar surface area (TPSA) is 59.6 Å². The average Bonchev–Trinajstić information content (AvgIpc) is 3.03. The maximum Gasteiger partial charge on any atom is 0.319 e. The summed E-state index contributed by atoms with van der Waals surface area (Å²) in [7, 11) is 0. The van der Waals surface area contributed by atoms with E-state index in [1.54, 1.807) is 0 Å². The molecule has 5 heteroatoms. The van der Waals surface area contributed by atoms with Gasteiger partial charge in [0.25, 0.3) is 0 Å². The Kier molecular flexibility index (Phi) is 6.10. The fraction of sp³-hybridized carbons (Fsp3) is 0.632. The van der Waals surface area contributed by atoms with Gasteiger partial charge in [0.15, 0.2) is 0 Å². The second-order valence-electron chi connectivity index (χ2n) is 6.69. The lowest BCUT2D eigenvalue weighted by atomic mass is 9.84. The Hall–Kier alpha value is -1.59. The summed E-state index contributed by atoms with van der Waals surface area (Å²) in [5.41, 5.74) is 2.21. The molecule has 2 atom stereocenters. The molecule has 2 amide bonds. The summed E-state index contributed by atoms with van der Waals surface area (Å²) in [6.45, 7) is 3.60. The number of urea groups is 1. The van der Waals surface area contributed by atoms with Crippen molar-refractivity contribution in [3.63, 3.8) is 0 Å². The highest BCUT2D eigenvalue weighted by Crippen LogP contribution is 2.32. The Morgan fingerprint density at radius 1 is 1.17 bits per heavy atom. The minimum absolute atomic E-state index is 0.0607. The molecule has 2 fully saturated rings. The van der Waals surface area contributed by atoms with Crippen molar-refractivity contribution in [2.45, 2.75) is 57.1 Å². The van der Waals surface area contributed by atoms with Crippen molar-refractivity contribution in [3.8, 4) is 0 Å². The van der Waals surface area contributed by atoms with Crippen LogP contribution in [0.15, 0.2) is 24.3 Å². The molecule has 1 saturated heterocycles. The van der Waals surface area contributed by atoms with E-state index in [-0.39, 0.29) is 18.2 Å². The number of amides is 2. The number of hydrogen-bond donors (Lipinski definition) is 2. The highest BCUT2D eigenvalue weighted by molar-refractivity contribution is 5.89. The van der Waals surface area contributed by atoms with Crippen LogP contribution in [0.25, 0.3) is 0 Å². The highest BCUT2D eigenvalue weighted by Gasteiger charge is 2.30. The standard InChI is InChI=1S/C19H28N2O3/c1-2-24-18-13-23-12-17(18)21-19(22)20-16-10-8-15(9-11-16)14-6-4-3-5-7-14/h8-11,14,17-18H,2-7,12-13H2,1H3,(H2,20,21,22)/t17-,18-/m0/s1. The number of rotatable bonds is 5. The Bertz CT molecular complexity index is 526. The molecular weight excluding hydrogens is 304 g/mol. The van der Waals surface area contributed by atoms with Gasteiger partial charge in [-0.05, 0) is 43.4 Å². The van der Waals surface area contributed by atoms with E-state index >= 15 is 0 Å². The molecular formula is C19H28N2O3. The van der Waals surface area contributed by atoms with Gasteiger partial charge in [0.1, 0.15) is 6.10 Å². The fourth-order valence-corrected chi connectivity index (χ4v) is 3.66. The molecule has 0 radical (unpaired) electrons. The van der Waals surface area contributed by atoms with Gasteiger partial charge in [-0.2, -0.15) is 0 Å². The zero-order chi connectivity index (χ0) is 16.8. The molecule has 0 unspecified atom stereocenters. The van der Waals surface area contributed by atoms with Crippen molar-refractivity contribution in [3.05, 3.63) is 29.8 Å². The summed E-state index contributed by atoms with van der Waals surface area (Å²) < 4.78 is 11.0. The van der Waals surface area contributed by atoms with Crippen LogP contribution in [0.2, 0.25) is 0 Å². The van der Waals surface area contributed by atoms with Crippen molar-refractivity contribution in [2.75, 3.05) is 25.1 Å². The fourth-order valence-electron chi connectivity index (χ4n) is 3.66. The van der Waals surface area contributed by atoms with E-state index in [9.17, 15) is 4.79 Å². The number of nitrogens with one attached hydrogen (secondary N) is 2. The van der Waals surface area contributed by atoms with Gasteiger partial charge in [-0.15, -0.1) is 0 Å². The van der Waals surface area contributed by atoms with Crippen molar-refractivity contribution >= 4 is 11.7 Å². The minimum Gasteiger partial charge on any atom is -0.376 e. The van der Waals surface area contributed by atoms with Gasteiger partial charge in [0.2, 0.25) is 0 Å². The van der Waals surface area contributed by atoms with Crippen LogP contribution >= 0.6 is 0 Å². The summed E-state index contributed by atoms with van der Waals surface area (Å²) >= 11 is 0. The Morgan fingerprint density at radius 3 is 2.62 bits per heavy atom. The number of carbonyl (C=O) groups excluding carboxylic acids is 1. The van der Waals surface area contributed by atoms with Gasteiger partial charge in [0.05, 0.1) is 19.3 Å².